The monoisotopic (exact) mass is 509 g/mol. The van der Waals surface area contributed by atoms with Crippen LogP contribution in [0.1, 0.15) is 38.8 Å². The number of benzene rings is 2. The van der Waals surface area contributed by atoms with Crippen LogP contribution in [0.3, 0.4) is 0 Å². The Morgan fingerprint density at radius 3 is 2.53 bits per heavy atom. The van der Waals surface area contributed by atoms with Gasteiger partial charge in [-0.05, 0) is 87.5 Å². The summed E-state index contributed by atoms with van der Waals surface area (Å²) < 4.78 is 20.2. The van der Waals surface area contributed by atoms with Gasteiger partial charge in [0.15, 0.2) is 0 Å². The minimum atomic E-state index is -0.629. The van der Waals surface area contributed by atoms with Crippen LogP contribution in [0.2, 0.25) is 0 Å². The van der Waals surface area contributed by atoms with Crippen molar-refractivity contribution in [3.8, 4) is 5.75 Å². The van der Waals surface area contributed by atoms with Gasteiger partial charge in [-0.3, -0.25) is 19.3 Å². The van der Waals surface area contributed by atoms with Gasteiger partial charge in [0.05, 0.1) is 17.6 Å². The molecule has 188 valence electrons. The van der Waals surface area contributed by atoms with Gasteiger partial charge < -0.3 is 15.0 Å². The molecule has 4 rings (SSSR count). The molecule has 2 aromatic carbocycles. The number of anilines is 2. The van der Waals surface area contributed by atoms with Crippen molar-refractivity contribution in [2.24, 2.45) is 0 Å². The number of hydrogen-bond donors (Lipinski definition) is 1. The van der Waals surface area contributed by atoms with Crippen LogP contribution in [0.25, 0.3) is 11.6 Å². The summed E-state index contributed by atoms with van der Waals surface area (Å²) in [4.78, 5) is 40.9. The van der Waals surface area contributed by atoms with Crippen LogP contribution in [-0.2, 0) is 9.59 Å². The standard InChI is InChI=1S/C27H28FN3O4S/c1-6-31-22-13-21(28)17(11-20(22)16(2)14-27(31,3)4)12-23-25(33)30(26(34)36-23)15-24(32)29-18-7-9-19(35-5)10-8-18/h7-14H,6,15H2,1-5H3,(H,29,32)/b23-12+. The number of fused-ring (bicyclic) bond motifs is 1. The van der Waals surface area contributed by atoms with Crippen molar-refractivity contribution in [3.63, 3.8) is 0 Å². The average molecular weight is 510 g/mol. The van der Waals surface area contributed by atoms with Crippen molar-refractivity contribution >= 4 is 51.8 Å². The molecule has 3 amide bonds. The largest absolute Gasteiger partial charge is 0.497 e. The highest BCUT2D eigenvalue weighted by Gasteiger charge is 2.37. The molecule has 1 saturated heterocycles. The third kappa shape index (κ3) is 4.88. The van der Waals surface area contributed by atoms with E-state index >= 15 is 4.39 Å². The fourth-order valence-corrected chi connectivity index (χ4v) is 5.43. The Kier molecular flexibility index (Phi) is 6.95. The Morgan fingerprint density at radius 1 is 1.19 bits per heavy atom. The second kappa shape index (κ2) is 9.81. The highest BCUT2D eigenvalue weighted by molar-refractivity contribution is 8.18. The first-order valence-electron chi connectivity index (χ1n) is 11.5. The molecule has 0 radical (unpaired) electrons. The highest BCUT2D eigenvalue weighted by Crippen LogP contribution is 2.41. The van der Waals surface area contributed by atoms with Gasteiger partial charge in [0.2, 0.25) is 5.91 Å². The minimum absolute atomic E-state index is 0.0706. The minimum Gasteiger partial charge on any atom is -0.497 e. The normalized spacial score (nSPS) is 17.8. The molecule has 0 atom stereocenters. The summed E-state index contributed by atoms with van der Waals surface area (Å²) in [7, 11) is 1.54. The zero-order valence-corrected chi connectivity index (χ0v) is 21.7. The fraction of sp³-hybridized carbons (Fsp3) is 0.296. The summed E-state index contributed by atoms with van der Waals surface area (Å²) in [6, 6.07) is 9.86. The molecule has 1 N–H and O–H groups in total. The van der Waals surface area contributed by atoms with Crippen molar-refractivity contribution < 1.29 is 23.5 Å². The second-order valence-electron chi connectivity index (χ2n) is 9.16. The number of halogens is 1. The van der Waals surface area contributed by atoms with Crippen molar-refractivity contribution in [1.82, 2.24) is 4.90 Å². The van der Waals surface area contributed by atoms with Crippen LogP contribution in [0.5, 0.6) is 5.75 Å². The Balaban J connectivity index is 1.54. The van der Waals surface area contributed by atoms with E-state index in [1.165, 1.54) is 19.3 Å². The molecule has 2 heterocycles. The smallest absolute Gasteiger partial charge is 0.294 e. The predicted octanol–water partition coefficient (Wildman–Crippen LogP) is 5.53. The Bertz CT molecular complexity index is 1300. The van der Waals surface area contributed by atoms with Gasteiger partial charge in [0.1, 0.15) is 18.1 Å². The lowest BCUT2D eigenvalue weighted by Crippen LogP contribution is -2.45. The van der Waals surface area contributed by atoms with E-state index in [4.69, 9.17) is 4.74 Å². The van der Waals surface area contributed by atoms with E-state index in [9.17, 15) is 14.4 Å². The molecule has 0 spiro atoms. The molecule has 2 aliphatic heterocycles. The first-order chi connectivity index (χ1) is 17.0. The summed E-state index contributed by atoms with van der Waals surface area (Å²) in [6.07, 6.45) is 3.51. The number of thioether (sulfide) groups is 1. The molecule has 0 aliphatic carbocycles. The zero-order chi connectivity index (χ0) is 26.2. The highest BCUT2D eigenvalue weighted by atomic mass is 32.2. The molecule has 0 unspecified atom stereocenters. The molecule has 2 aliphatic rings. The van der Waals surface area contributed by atoms with Crippen molar-refractivity contribution in [1.29, 1.82) is 0 Å². The lowest BCUT2D eigenvalue weighted by atomic mass is 9.88. The fourth-order valence-electron chi connectivity index (χ4n) is 4.60. The number of rotatable bonds is 6. The first kappa shape index (κ1) is 25.5. The maximum atomic E-state index is 15.2. The molecule has 2 aromatic rings. The van der Waals surface area contributed by atoms with Crippen molar-refractivity contribution in [3.05, 3.63) is 64.3 Å². The van der Waals surface area contributed by atoms with E-state index in [-0.39, 0.29) is 16.0 Å². The molecule has 1 fully saturated rings. The number of carbonyl (C=O) groups excluding carboxylic acids is 3. The van der Waals surface area contributed by atoms with Gasteiger partial charge in [-0.25, -0.2) is 4.39 Å². The van der Waals surface area contributed by atoms with Crippen LogP contribution in [0, 0.1) is 5.82 Å². The van der Waals surface area contributed by atoms with Gasteiger partial charge in [0.25, 0.3) is 11.1 Å². The summed E-state index contributed by atoms with van der Waals surface area (Å²) in [5.74, 6) is -1.00. The summed E-state index contributed by atoms with van der Waals surface area (Å²) in [6.45, 7) is 8.42. The van der Waals surface area contributed by atoms with Crippen LogP contribution < -0.4 is 15.0 Å². The maximum Gasteiger partial charge on any atom is 0.294 e. The van der Waals surface area contributed by atoms with Crippen molar-refractivity contribution in [2.45, 2.75) is 33.2 Å². The summed E-state index contributed by atoms with van der Waals surface area (Å²) in [5, 5.41) is 2.07. The number of carbonyl (C=O) groups is 3. The predicted molar refractivity (Wildman–Crippen MR) is 141 cm³/mol. The molecule has 0 aromatic heterocycles. The number of imide groups is 1. The number of amides is 3. The van der Waals surface area contributed by atoms with E-state index in [1.54, 1.807) is 30.3 Å². The van der Waals surface area contributed by atoms with E-state index in [0.29, 0.717) is 29.7 Å². The zero-order valence-electron chi connectivity index (χ0n) is 20.8. The number of hydrogen-bond acceptors (Lipinski definition) is 6. The third-order valence-electron chi connectivity index (χ3n) is 6.25. The Hall–Kier alpha value is -3.59. The lowest BCUT2D eigenvalue weighted by Gasteiger charge is -2.42. The van der Waals surface area contributed by atoms with Crippen LogP contribution >= 0.6 is 11.8 Å². The quantitative estimate of drug-likeness (QED) is 0.516. The van der Waals surface area contributed by atoms with E-state index in [2.05, 4.69) is 30.1 Å². The van der Waals surface area contributed by atoms with Gasteiger partial charge in [-0.15, -0.1) is 0 Å². The van der Waals surface area contributed by atoms with Gasteiger partial charge in [-0.2, -0.15) is 0 Å². The number of methoxy groups -OCH3 is 1. The molecule has 9 heteroatoms. The second-order valence-corrected chi connectivity index (χ2v) is 10.2. The Morgan fingerprint density at radius 2 is 1.89 bits per heavy atom. The number of nitrogens with one attached hydrogen (secondary N) is 1. The van der Waals surface area contributed by atoms with Crippen LogP contribution in [-0.4, -0.2) is 47.7 Å². The number of nitrogens with zero attached hydrogens (tertiary/aromatic N) is 2. The summed E-state index contributed by atoms with van der Waals surface area (Å²) in [5.41, 5.74) is 3.15. The molecule has 36 heavy (non-hydrogen) atoms. The molecular formula is C27H28FN3O4S. The SMILES string of the molecule is CCN1c2cc(F)c(/C=C3/SC(=O)N(CC(=O)Nc4ccc(OC)cc4)C3=O)cc2C(C)=CC1(C)C. The maximum absolute atomic E-state index is 15.2. The van der Waals surface area contributed by atoms with Gasteiger partial charge in [-0.1, -0.05) is 6.08 Å². The number of allylic oxidation sites excluding steroid dienone is 1. The number of ether oxygens (including phenoxy) is 1. The number of likely N-dealkylation sites (N-methyl/N-ethyl adjacent to an activating group) is 1. The van der Waals surface area contributed by atoms with Crippen LogP contribution in [0.4, 0.5) is 20.6 Å². The van der Waals surface area contributed by atoms with Crippen molar-refractivity contribution in [2.75, 3.05) is 30.4 Å². The lowest BCUT2D eigenvalue weighted by molar-refractivity contribution is -0.127. The van der Waals surface area contributed by atoms with E-state index in [0.717, 1.165) is 21.7 Å². The Labute approximate surface area is 214 Å². The van der Waals surface area contributed by atoms with Gasteiger partial charge >= 0.3 is 0 Å². The van der Waals surface area contributed by atoms with E-state index in [1.807, 2.05) is 13.8 Å². The summed E-state index contributed by atoms with van der Waals surface area (Å²) >= 11 is 0.692. The molecule has 0 saturated carbocycles. The molecular weight excluding hydrogens is 481 g/mol. The van der Waals surface area contributed by atoms with Gasteiger partial charge in [0, 0.05) is 29.0 Å². The molecule has 7 nitrogen and oxygen atoms in total. The molecule has 0 bridgehead atoms. The van der Waals surface area contributed by atoms with Crippen LogP contribution in [0.15, 0.2) is 47.4 Å². The topological polar surface area (TPSA) is 79.0 Å². The third-order valence-corrected chi connectivity index (χ3v) is 7.16. The average Bonchev–Trinajstić information content (AvgIpc) is 3.07. The first-order valence-corrected chi connectivity index (χ1v) is 12.4. The van der Waals surface area contributed by atoms with E-state index < -0.39 is 29.4 Å².